The van der Waals surface area contributed by atoms with Crippen molar-refractivity contribution in [2.75, 3.05) is 17.6 Å². The topological polar surface area (TPSA) is 174 Å². The highest BCUT2D eigenvalue weighted by Gasteiger charge is 2.19. The zero-order chi connectivity index (χ0) is 21.8. The molecule has 10 heteroatoms. The predicted octanol–water partition coefficient (Wildman–Crippen LogP) is 1.67. The largest absolute Gasteiger partial charge is 0.382 e. The van der Waals surface area contributed by atoms with Crippen LogP contribution >= 0.6 is 0 Å². The van der Waals surface area contributed by atoms with Gasteiger partial charge in [-0.3, -0.25) is 4.79 Å². The lowest BCUT2D eigenvalue weighted by Gasteiger charge is -2.13. The molecule has 2 aromatic carbocycles. The molecule has 0 radical (unpaired) electrons. The van der Waals surface area contributed by atoms with Gasteiger partial charge in [-0.05, 0) is 12.1 Å². The van der Waals surface area contributed by atoms with Crippen LogP contribution in [0.4, 0.5) is 11.6 Å². The van der Waals surface area contributed by atoms with Crippen LogP contribution < -0.4 is 22.5 Å². The van der Waals surface area contributed by atoms with E-state index >= 15 is 0 Å². The third-order valence-electron chi connectivity index (χ3n) is 4.50. The highest BCUT2D eigenvalue weighted by molar-refractivity contribution is 6.03. The molecule has 2 aromatic heterocycles. The van der Waals surface area contributed by atoms with Gasteiger partial charge in [-0.1, -0.05) is 42.5 Å². The average molecular weight is 415 g/mol. The SMILES string of the molecule is NC(N)=NC(=O)c1nc(-c2ccccc2)c(NCCc2nc3ccccc3[nH]2)nc1N. The Morgan fingerprint density at radius 1 is 1.00 bits per heavy atom. The molecule has 0 saturated carbocycles. The summed E-state index contributed by atoms with van der Waals surface area (Å²) in [6, 6.07) is 17.2. The highest BCUT2D eigenvalue weighted by atomic mass is 16.1. The maximum atomic E-state index is 12.3. The number of aromatic amines is 1. The van der Waals surface area contributed by atoms with Crippen LogP contribution in [0.5, 0.6) is 0 Å². The van der Waals surface area contributed by atoms with Gasteiger partial charge >= 0.3 is 5.91 Å². The number of imidazole rings is 1. The smallest absolute Gasteiger partial charge is 0.302 e. The number of hydrogen-bond acceptors (Lipinski definition) is 6. The number of nitrogens with two attached hydrogens (primary N) is 3. The minimum absolute atomic E-state index is 0.0686. The van der Waals surface area contributed by atoms with Crippen molar-refractivity contribution in [2.24, 2.45) is 16.5 Å². The monoisotopic (exact) mass is 415 g/mol. The first-order valence-electron chi connectivity index (χ1n) is 9.55. The van der Waals surface area contributed by atoms with Crippen molar-refractivity contribution in [3.8, 4) is 11.3 Å². The summed E-state index contributed by atoms with van der Waals surface area (Å²) in [6.45, 7) is 0.523. The molecule has 0 bridgehead atoms. The molecule has 1 amide bonds. The second-order valence-electron chi connectivity index (χ2n) is 6.74. The van der Waals surface area contributed by atoms with Crippen molar-refractivity contribution < 1.29 is 4.79 Å². The fraction of sp³-hybridized carbons (Fsp3) is 0.0952. The number of anilines is 2. The number of nitrogens with one attached hydrogen (secondary N) is 2. The number of carbonyl (C=O) groups excluding carboxylic acids is 1. The minimum atomic E-state index is -0.754. The van der Waals surface area contributed by atoms with Crippen molar-refractivity contribution in [1.29, 1.82) is 0 Å². The van der Waals surface area contributed by atoms with Crippen LogP contribution in [0.1, 0.15) is 16.3 Å². The predicted molar refractivity (Wildman–Crippen MR) is 120 cm³/mol. The Morgan fingerprint density at radius 3 is 2.48 bits per heavy atom. The highest BCUT2D eigenvalue weighted by Crippen LogP contribution is 2.27. The Hall–Kier alpha value is -4.47. The van der Waals surface area contributed by atoms with E-state index in [9.17, 15) is 4.79 Å². The molecular weight excluding hydrogens is 394 g/mol. The Bertz CT molecular complexity index is 1230. The summed E-state index contributed by atoms with van der Waals surface area (Å²) < 4.78 is 0. The number of aromatic nitrogens is 4. The van der Waals surface area contributed by atoms with Crippen molar-refractivity contribution in [3.05, 3.63) is 66.1 Å². The number of fused-ring (bicyclic) bond motifs is 1. The standard InChI is InChI=1S/C21H21N9O/c22-18-17(20(31)30-21(23)24)28-16(12-6-2-1-3-7-12)19(29-18)25-11-10-15-26-13-8-4-5-9-14(13)27-15/h1-9H,10-11H2,(H,26,27)(H3,22,25,29)(H4,23,24,30,31). The lowest BCUT2D eigenvalue weighted by Crippen LogP contribution is -2.25. The van der Waals surface area contributed by atoms with Crippen LogP contribution in [0.25, 0.3) is 22.3 Å². The summed E-state index contributed by atoms with van der Waals surface area (Å²) in [4.78, 5) is 32.4. The Kier molecular flexibility index (Phi) is 5.43. The summed E-state index contributed by atoms with van der Waals surface area (Å²) in [5, 5.41) is 3.24. The van der Waals surface area contributed by atoms with Crippen molar-refractivity contribution in [2.45, 2.75) is 6.42 Å². The zero-order valence-corrected chi connectivity index (χ0v) is 16.5. The fourth-order valence-electron chi connectivity index (χ4n) is 3.12. The Morgan fingerprint density at radius 2 is 1.74 bits per heavy atom. The number of nitrogen functional groups attached to an aromatic ring is 1. The van der Waals surface area contributed by atoms with E-state index in [4.69, 9.17) is 17.2 Å². The minimum Gasteiger partial charge on any atom is -0.382 e. The number of hydrogen-bond donors (Lipinski definition) is 5. The summed E-state index contributed by atoms with van der Waals surface area (Å²) >= 11 is 0. The van der Waals surface area contributed by atoms with E-state index in [0.717, 1.165) is 22.4 Å². The third-order valence-corrected chi connectivity index (χ3v) is 4.50. The van der Waals surface area contributed by atoms with Crippen molar-refractivity contribution >= 4 is 34.5 Å². The maximum Gasteiger partial charge on any atom is 0.302 e. The number of para-hydroxylation sites is 2. The molecule has 0 aliphatic rings. The van der Waals surface area contributed by atoms with E-state index in [-0.39, 0.29) is 17.5 Å². The molecule has 0 saturated heterocycles. The number of guanidine groups is 1. The van der Waals surface area contributed by atoms with Gasteiger partial charge in [0.25, 0.3) is 0 Å². The molecule has 0 fully saturated rings. The first-order chi connectivity index (χ1) is 15.0. The normalized spacial score (nSPS) is 10.7. The lowest BCUT2D eigenvalue weighted by atomic mass is 10.1. The van der Waals surface area contributed by atoms with Crippen molar-refractivity contribution in [3.63, 3.8) is 0 Å². The first kappa shape index (κ1) is 19.8. The zero-order valence-electron chi connectivity index (χ0n) is 16.5. The van der Waals surface area contributed by atoms with Crippen LogP contribution in [-0.2, 0) is 6.42 Å². The number of rotatable bonds is 6. The van der Waals surface area contributed by atoms with Crippen LogP contribution in [0.15, 0.2) is 59.6 Å². The molecule has 0 unspecified atom stereocenters. The summed E-state index contributed by atoms with van der Waals surface area (Å²) in [5.74, 6) is 0.0916. The van der Waals surface area contributed by atoms with E-state index in [1.807, 2.05) is 54.6 Å². The van der Waals surface area contributed by atoms with Gasteiger partial charge in [0.2, 0.25) is 0 Å². The van der Waals surface area contributed by atoms with Gasteiger partial charge in [-0.25, -0.2) is 15.0 Å². The van der Waals surface area contributed by atoms with E-state index in [2.05, 4.69) is 30.2 Å². The second kappa shape index (κ2) is 8.49. The van der Waals surface area contributed by atoms with Gasteiger partial charge in [-0.2, -0.15) is 4.99 Å². The van der Waals surface area contributed by atoms with Gasteiger partial charge in [0, 0.05) is 18.5 Å². The molecule has 2 heterocycles. The molecule has 0 aliphatic carbocycles. The number of amides is 1. The second-order valence-corrected chi connectivity index (χ2v) is 6.74. The van der Waals surface area contributed by atoms with Gasteiger partial charge in [0.15, 0.2) is 23.3 Å². The Labute approximate surface area is 177 Å². The van der Waals surface area contributed by atoms with Crippen LogP contribution in [0.2, 0.25) is 0 Å². The summed E-state index contributed by atoms with van der Waals surface area (Å²) in [6.07, 6.45) is 0.624. The number of benzene rings is 2. The van der Waals surface area contributed by atoms with E-state index < -0.39 is 5.91 Å². The fourth-order valence-corrected chi connectivity index (χ4v) is 3.12. The van der Waals surface area contributed by atoms with Gasteiger partial charge in [-0.15, -0.1) is 0 Å². The maximum absolute atomic E-state index is 12.3. The third kappa shape index (κ3) is 4.42. The van der Waals surface area contributed by atoms with Gasteiger partial charge in [0.1, 0.15) is 11.5 Å². The van der Waals surface area contributed by atoms with Gasteiger partial charge in [0.05, 0.1) is 11.0 Å². The van der Waals surface area contributed by atoms with Crippen LogP contribution in [0.3, 0.4) is 0 Å². The molecular formula is C21H21N9O. The molecule has 0 aliphatic heterocycles. The Balaban J connectivity index is 1.61. The molecule has 8 N–H and O–H groups in total. The van der Waals surface area contributed by atoms with Gasteiger partial charge < -0.3 is 27.5 Å². The summed E-state index contributed by atoms with van der Waals surface area (Å²) in [5.41, 5.74) is 19.6. The molecule has 156 valence electrons. The number of aliphatic imine (C=N–C) groups is 1. The van der Waals surface area contributed by atoms with E-state index in [0.29, 0.717) is 24.5 Å². The van der Waals surface area contributed by atoms with Crippen LogP contribution in [-0.4, -0.2) is 38.3 Å². The molecule has 4 rings (SSSR count). The quantitative estimate of drug-likeness (QED) is 0.233. The number of nitrogens with zero attached hydrogens (tertiary/aromatic N) is 4. The van der Waals surface area contributed by atoms with E-state index in [1.165, 1.54) is 0 Å². The lowest BCUT2D eigenvalue weighted by molar-refractivity contribution is 0.0998. The molecule has 31 heavy (non-hydrogen) atoms. The summed E-state index contributed by atoms with van der Waals surface area (Å²) in [7, 11) is 0. The first-order valence-corrected chi connectivity index (χ1v) is 9.55. The molecule has 0 atom stereocenters. The van der Waals surface area contributed by atoms with Crippen molar-refractivity contribution in [1.82, 2.24) is 19.9 Å². The van der Waals surface area contributed by atoms with Crippen LogP contribution in [0, 0.1) is 0 Å². The molecule has 4 aromatic rings. The molecule has 0 spiro atoms. The molecule has 10 nitrogen and oxygen atoms in total. The number of carbonyl (C=O) groups is 1. The number of H-pyrrole nitrogens is 1. The average Bonchev–Trinajstić information content (AvgIpc) is 3.17. The van der Waals surface area contributed by atoms with E-state index in [1.54, 1.807) is 0 Å².